The maximum absolute atomic E-state index is 3.73. The minimum atomic E-state index is 0.794. The van der Waals surface area contributed by atoms with Crippen molar-refractivity contribution in [2.45, 2.75) is 25.3 Å². The molecule has 1 fully saturated rings. The largest absolute Gasteiger partial charge is 0.303 e. The minimum Gasteiger partial charge on any atom is -0.303 e. The second-order valence-corrected chi connectivity index (χ2v) is 2.80. The van der Waals surface area contributed by atoms with Gasteiger partial charge in [-0.2, -0.15) is 0 Å². The van der Waals surface area contributed by atoms with Crippen molar-refractivity contribution in [3.05, 3.63) is 12.7 Å². The Morgan fingerprint density at radius 3 is 3.00 bits per heavy atom. The lowest BCUT2D eigenvalue weighted by atomic mass is 10.1. The molecule has 0 aromatic carbocycles. The molecule has 0 spiro atoms. The third kappa shape index (κ3) is 1.55. The topological polar surface area (TPSA) is 3.24 Å². The first-order valence-electron chi connectivity index (χ1n) is 3.65. The second-order valence-electron chi connectivity index (χ2n) is 2.80. The Hall–Kier alpha value is -0.300. The van der Waals surface area contributed by atoms with Crippen LogP contribution in [0, 0.1) is 0 Å². The van der Waals surface area contributed by atoms with Gasteiger partial charge < -0.3 is 4.90 Å². The SMILES string of the molecule is C=CC[C@@H]1CCCN1C. The van der Waals surface area contributed by atoms with Gasteiger partial charge in [-0.05, 0) is 32.9 Å². The van der Waals surface area contributed by atoms with Crippen LogP contribution in [0.4, 0.5) is 0 Å². The molecule has 0 saturated carbocycles. The Morgan fingerprint density at radius 1 is 1.78 bits per heavy atom. The smallest absolute Gasteiger partial charge is 0.0127 e. The molecule has 0 aliphatic carbocycles. The summed E-state index contributed by atoms with van der Waals surface area (Å²) in [6, 6.07) is 0.794. The zero-order valence-electron chi connectivity index (χ0n) is 6.14. The molecule has 1 atom stereocenters. The van der Waals surface area contributed by atoms with Gasteiger partial charge in [0.05, 0.1) is 0 Å². The van der Waals surface area contributed by atoms with Crippen molar-refractivity contribution in [3.63, 3.8) is 0 Å². The van der Waals surface area contributed by atoms with E-state index in [0.29, 0.717) is 0 Å². The summed E-state index contributed by atoms with van der Waals surface area (Å²) in [5.41, 5.74) is 0. The molecule has 1 rings (SSSR count). The molecule has 0 aromatic heterocycles. The summed E-state index contributed by atoms with van der Waals surface area (Å²) in [5.74, 6) is 0. The fourth-order valence-electron chi connectivity index (χ4n) is 1.47. The van der Waals surface area contributed by atoms with Crippen molar-refractivity contribution in [1.82, 2.24) is 4.90 Å². The molecule has 9 heavy (non-hydrogen) atoms. The maximum Gasteiger partial charge on any atom is 0.0127 e. The summed E-state index contributed by atoms with van der Waals surface area (Å²) in [6.45, 7) is 5.01. The fraction of sp³-hybridized carbons (Fsp3) is 0.750. The Morgan fingerprint density at radius 2 is 2.56 bits per heavy atom. The van der Waals surface area contributed by atoms with Crippen LogP contribution in [-0.4, -0.2) is 24.5 Å². The van der Waals surface area contributed by atoms with E-state index in [-0.39, 0.29) is 0 Å². The number of hydrogen-bond acceptors (Lipinski definition) is 1. The van der Waals surface area contributed by atoms with Gasteiger partial charge in [0.25, 0.3) is 0 Å². The minimum absolute atomic E-state index is 0.794. The van der Waals surface area contributed by atoms with Crippen LogP contribution in [-0.2, 0) is 0 Å². The summed E-state index contributed by atoms with van der Waals surface area (Å²) in [4.78, 5) is 2.42. The highest BCUT2D eigenvalue weighted by molar-refractivity contribution is 4.83. The highest BCUT2D eigenvalue weighted by atomic mass is 15.1. The van der Waals surface area contributed by atoms with E-state index in [2.05, 4.69) is 18.5 Å². The lowest BCUT2D eigenvalue weighted by Gasteiger charge is -2.16. The number of likely N-dealkylation sites (tertiary alicyclic amines) is 1. The molecule has 1 aliphatic heterocycles. The van der Waals surface area contributed by atoms with E-state index in [9.17, 15) is 0 Å². The van der Waals surface area contributed by atoms with E-state index >= 15 is 0 Å². The molecule has 0 bridgehead atoms. The first-order chi connectivity index (χ1) is 4.34. The molecule has 0 unspecified atom stereocenters. The first-order valence-corrected chi connectivity index (χ1v) is 3.65. The molecule has 52 valence electrons. The van der Waals surface area contributed by atoms with Crippen molar-refractivity contribution < 1.29 is 0 Å². The predicted molar refractivity (Wildman–Crippen MR) is 40.5 cm³/mol. The van der Waals surface area contributed by atoms with Gasteiger partial charge in [0.1, 0.15) is 0 Å². The highest BCUT2D eigenvalue weighted by Gasteiger charge is 2.18. The molecule has 1 heteroatoms. The van der Waals surface area contributed by atoms with E-state index in [1.165, 1.54) is 19.4 Å². The van der Waals surface area contributed by atoms with Crippen LogP contribution in [0.15, 0.2) is 12.7 Å². The van der Waals surface area contributed by atoms with Crippen LogP contribution in [0.25, 0.3) is 0 Å². The van der Waals surface area contributed by atoms with E-state index in [0.717, 1.165) is 12.5 Å². The number of nitrogens with zero attached hydrogens (tertiary/aromatic N) is 1. The van der Waals surface area contributed by atoms with Crippen molar-refractivity contribution in [1.29, 1.82) is 0 Å². The molecule has 0 amide bonds. The Kier molecular flexibility index (Phi) is 2.29. The number of rotatable bonds is 2. The quantitative estimate of drug-likeness (QED) is 0.507. The molecule has 1 nitrogen and oxygen atoms in total. The Balaban J connectivity index is 2.30. The summed E-state index contributed by atoms with van der Waals surface area (Å²) >= 11 is 0. The lowest BCUT2D eigenvalue weighted by Crippen LogP contribution is -2.23. The zero-order chi connectivity index (χ0) is 6.69. The van der Waals surface area contributed by atoms with E-state index < -0.39 is 0 Å². The van der Waals surface area contributed by atoms with Crippen molar-refractivity contribution >= 4 is 0 Å². The van der Waals surface area contributed by atoms with Crippen LogP contribution in [0.2, 0.25) is 0 Å². The van der Waals surface area contributed by atoms with Gasteiger partial charge >= 0.3 is 0 Å². The average Bonchev–Trinajstić information content (AvgIpc) is 2.18. The molecule has 1 heterocycles. The molecule has 1 saturated heterocycles. The first kappa shape index (κ1) is 6.81. The molecular formula is C8H15N. The van der Waals surface area contributed by atoms with E-state index in [4.69, 9.17) is 0 Å². The van der Waals surface area contributed by atoms with Gasteiger partial charge in [-0.1, -0.05) is 6.08 Å². The van der Waals surface area contributed by atoms with Crippen LogP contribution in [0.3, 0.4) is 0 Å². The van der Waals surface area contributed by atoms with Crippen molar-refractivity contribution in [2.24, 2.45) is 0 Å². The highest BCUT2D eigenvalue weighted by Crippen LogP contribution is 2.17. The van der Waals surface area contributed by atoms with Crippen LogP contribution < -0.4 is 0 Å². The van der Waals surface area contributed by atoms with Gasteiger partial charge in [0, 0.05) is 6.04 Å². The van der Waals surface area contributed by atoms with Crippen LogP contribution in [0.5, 0.6) is 0 Å². The second kappa shape index (κ2) is 3.02. The molecule has 0 aromatic rings. The monoisotopic (exact) mass is 125 g/mol. The van der Waals surface area contributed by atoms with Gasteiger partial charge in [0.2, 0.25) is 0 Å². The summed E-state index contributed by atoms with van der Waals surface area (Å²) < 4.78 is 0. The molecule has 0 N–H and O–H groups in total. The third-order valence-electron chi connectivity index (χ3n) is 2.11. The molecular weight excluding hydrogens is 110 g/mol. The van der Waals surface area contributed by atoms with Crippen molar-refractivity contribution in [3.8, 4) is 0 Å². The fourth-order valence-corrected chi connectivity index (χ4v) is 1.47. The summed E-state index contributed by atoms with van der Waals surface area (Å²) in [7, 11) is 2.20. The van der Waals surface area contributed by atoms with Crippen LogP contribution in [0.1, 0.15) is 19.3 Å². The number of hydrogen-bond donors (Lipinski definition) is 0. The normalized spacial score (nSPS) is 28.8. The predicted octanol–water partition coefficient (Wildman–Crippen LogP) is 1.66. The van der Waals surface area contributed by atoms with Crippen LogP contribution >= 0.6 is 0 Å². The average molecular weight is 125 g/mol. The lowest BCUT2D eigenvalue weighted by molar-refractivity contribution is 0.313. The van der Waals surface area contributed by atoms with Gasteiger partial charge in [-0.15, -0.1) is 6.58 Å². The molecule has 0 radical (unpaired) electrons. The standard InChI is InChI=1S/C8H15N/c1-3-5-8-6-4-7-9(8)2/h3,8H,1,4-7H2,2H3/t8-/m1/s1. The zero-order valence-corrected chi connectivity index (χ0v) is 6.14. The summed E-state index contributed by atoms with van der Waals surface area (Å²) in [5, 5.41) is 0. The van der Waals surface area contributed by atoms with Crippen molar-refractivity contribution in [2.75, 3.05) is 13.6 Å². The third-order valence-corrected chi connectivity index (χ3v) is 2.11. The van der Waals surface area contributed by atoms with Gasteiger partial charge in [0.15, 0.2) is 0 Å². The van der Waals surface area contributed by atoms with Gasteiger partial charge in [-0.25, -0.2) is 0 Å². The maximum atomic E-state index is 3.73. The van der Waals surface area contributed by atoms with Gasteiger partial charge in [-0.3, -0.25) is 0 Å². The Bertz CT molecular complexity index is 98.7. The Labute approximate surface area is 57.4 Å². The summed E-state index contributed by atoms with van der Waals surface area (Å²) in [6.07, 6.45) is 5.92. The van der Waals surface area contributed by atoms with E-state index in [1.54, 1.807) is 0 Å². The molecule has 1 aliphatic rings. The van der Waals surface area contributed by atoms with E-state index in [1.807, 2.05) is 6.08 Å².